The van der Waals surface area contributed by atoms with Crippen molar-refractivity contribution in [3.05, 3.63) is 0 Å². The normalized spacial score (nSPS) is 31.6. The molecule has 0 aromatic heterocycles. The van der Waals surface area contributed by atoms with Crippen LogP contribution in [0, 0.1) is 17.8 Å². The van der Waals surface area contributed by atoms with Crippen LogP contribution in [0.4, 0.5) is 0 Å². The number of hydrogen-bond acceptors (Lipinski definition) is 3. The summed E-state index contributed by atoms with van der Waals surface area (Å²) in [5.74, 6) is -1.31. The molecule has 5 heteroatoms. The summed E-state index contributed by atoms with van der Waals surface area (Å²) in [4.78, 5) is 23.7. The van der Waals surface area contributed by atoms with Crippen molar-refractivity contribution in [1.29, 1.82) is 0 Å². The van der Waals surface area contributed by atoms with Gasteiger partial charge in [0.2, 0.25) is 5.91 Å². The molecule has 2 aliphatic rings. The lowest BCUT2D eigenvalue weighted by Gasteiger charge is -2.40. The summed E-state index contributed by atoms with van der Waals surface area (Å²) in [6, 6.07) is 0. The van der Waals surface area contributed by atoms with Gasteiger partial charge in [0.25, 0.3) is 0 Å². The van der Waals surface area contributed by atoms with E-state index in [-0.39, 0.29) is 16.6 Å². The van der Waals surface area contributed by atoms with Crippen molar-refractivity contribution in [1.82, 2.24) is 5.32 Å². The lowest BCUT2D eigenvalue weighted by atomic mass is 9.84. The summed E-state index contributed by atoms with van der Waals surface area (Å²) >= 11 is 1.82. The van der Waals surface area contributed by atoms with Crippen LogP contribution < -0.4 is 5.32 Å². The number of carbonyl (C=O) groups is 2. The Balaban J connectivity index is 1.91. The molecule has 2 fully saturated rings. The van der Waals surface area contributed by atoms with E-state index >= 15 is 0 Å². The molecule has 0 heterocycles. The van der Waals surface area contributed by atoms with Crippen LogP contribution in [-0.4, -0.2) is 34.5 Å². The van der Waals surface area contributed by atoms with Gasteiger partial charge in [0.05, 0.1) is 11.8 Å². The first kappa shape index (κ1) is 15.7. The molecule has 0 aliphatic heterocycles. The maximum Gasteiger partial charge on any atom is 0.307 e. The van der Waals surface area contributed by atoms with Gasteiger partial charge in [-0.15, -0.1) is 0 Å². The molecular weight excluding hydrogens is 274 g/mol. The van der Waals surface area contributed by atoms with Crippen molar-refractivity contribution in [3.8, 4) is 0 Å². The van der Waals surface area contributed by atoms with Crippen molar-refractivity contribution >= 4 is 23.6 Å². The predicted octanol–water partition coefficient (Wildman–Crippen LogP) is 2.53. The zero-order valence-corrected chi connectivity index (χ0v) is 13.2. The molecule has 4 nitrogen and oxygen atoms in total. The van der Waals surface area contributed by atoms with Gasteiger partial charge in [0.1, 0.15) is 0 Å². The summed E-state index contributed by atoms with van der Waals surface area (Å²) in [5, 5.41) is 12.3. The zero-order chi connectivity index (χ0) is 14.8. The Morgan fingerprint density at radius 2 is 1.95 bits per heavy atom. The van der Waals surface area contributed by atoms with Crippen LogP contribution in [0.25, 0.3) is 0 Å². The maximum absolute atomic E-state index is 12.3. The number of carbonyl (C=O) groups excluding carboxylic acids is 1. The topological polar surface area (TPSA) is 66.4 Å². The number of hydrogen-bond donors (Lipinski definition) is 2. The molecule has 0 saturated heterocycles. The Kier molecular flexibility index (Phi) is 4.99. The van der Waals surface area contributed by atoms with Crippen molar-refractivity contribution in [2.24, 2.45) is 17.8 Å². The third-order valence-corrected chi connectivity index (χ3v) is 6.59. The van der Waals surface area contributed by atoms with E-state index in [0.29, 0.717) is 18.9 Å². The lowest BCUT2D eigenvalue weighted by molar-refractivity contribution is -0.146. The highest BCUT2D eigenvalue weighted by atomic mass is 32.2. The molecule has 2 saturated carbocycles. The first-order valence-electron chi connectivity index (χ1n) is 7.57. The number of rotatable bonds is 6. The highest BCUT2D eigenvalue weighted by Gasteiger charge is 2.43. The standard InChI is InChI=1S/C15H25NO3S/c1-3-10-7-11(12(8-10)14(18)19)13(17)16-9-15(20-2)5-4-6-15/h10-12H,3-9H2,1-2H3,(H,16,17)(H,18,19)/t10?,11-,12+/m0/s1. The highest BCUT2D eigenvalue weighted by Crippen LogP contribution is 2.43. The van der Waals surface area contributed by atoms with Crippen molar-refractivity contribution < 1.29 is 14.7 Å². The van der Waals surface area contributed by atoms with Crippen LogP contribution in [0.1, 0.15) is 45.4 Å². The Hall–Kier alpha value is -0.710. The maximum atomic E-state index is 12.3. The molecular formula is C15H25NO3S. The van der Waals surface area contributed by atoms with Crippen molar-refractivity contribution in [3.63, 3.8) is 0 Å². The molecule has 20 heavy (non-hydrogen) atoms. The van der Waals surface area contributed by atoms with E-state index in [1.165, 1.54) is 6.42 Å². The summed E-state index contributed by atoms with van der Waals surface area (Å²) in [5.41, 5.74) is 0. The van der Waals surface area contributed by atoms with E-state index in [9.17, 15) is 14.7 Å². The minimum atomic E-state index is -0.815. The van der Waals surface area contributed by atoms with Gasteiger partial charge in [-0.05, 0) is 37.9 Å². The Labute approximate surface area is 125 Å². The smallest absolute Gasteiger partial charge is 0.307 e. The average molecular weight is 299 g/mol. The van der Waals surface area contributed by atoms with Crippen LogP contribution in [0.15, 0.2) is 0 Å². The molecule has 1 unspecified atom stereocenters. The van der Waals surface area contributed by atoms with Gasteiger partial charge in [0.15, 0.2) is 0 Å². The number of thioether (sulfide) groups is 1. The Bertz CT molecular complexity index is 376. The third-order valence-electron chi connectivity index (χ3n) is 5.17. The van der Waals surface area contributed by atoms with Gasteiger partial charge in [-0.3, -0.25) is 9.59 Å². The minimum Gasteiger partial charge on any atom is -0.481 e. The van der Waals surface area contributed by atoms with Crippen LogP contribution in [0.2, 0.25) is 0 Å². The summed E-state index contributed by atoms with van der Waals surface area (Å²) in [6.45, 7) is 2.76. The second-order valence-electron chi connectivity index (χ2n) is 6.26. The summed E-state index contributed by atoms with van der Waals surface area (Å²) in [7, 11) is 0. The van der Waals surface area contributed by atoms with Crippen LogP contribution >= 0.6 is 11.8 Å². The fourth-order valence-corrected chi connectivity index (χ4v) is 4.36. The van der Waals surface area contributed by atoms with Gasteiger partial charge in [-0.25, -0.2) is 0 Å². The third kappa shape index (κ3) is 3.13. The van der Waals surface area contributed by atoms with E-state index in [2.05, 4.69) is 18.5 Å². The van der Waals surface area contributed by atoms with Crippen molar-refractivity contribution in [2.45, 2.75) is 50.2 Å². The van der Waals surface area contributed by atoms with Crippen molar-refractivity contribution in [2.75, 3.05) is 12.8 Å². The zero-order valence-electron chi connectivity index (χ0n) is 12.4. The predicted molar refractivity (Wildman–Crippen MR) is 80.7 cm³/mol. The van der Waals surface area contributed by atoms with Crippen LogP contribution in [0.3, 0.4) is 0 Å². The molecule has 2 aliphatic carbocycles. The van der Waals surface area contributed by atoms with E-state index in [1.807, 2.05) is 11.8 Å². The molecule has 0 radical (unpaired) electrons. The molecule has 3 atom stereocenters. The van der Waals surface area contributed by atoms with Gasteiger partial charge in [-0.2, -0.15) is 11.8 Å². The summed E-state index contributed by atoms with van der Waals surface area (Å²) in [6.07, 6.45) is 7.97. The number of amides is 1. The Morgan fingerprint density at radius 1 is 1.30 bits per heavy atom. The number of carboxylic acids is 1. The minimum absolute atomic E-state index is 0.0475. The second kappa shape index (κ2) is 6.37. The van der Waals surface area contributed by atoms with Crippen LogP contribution in [0.5, 0.6) is 0 Å². The molecule has 114 valence electrons. The van der Waals surface area contributed by atoms with E-state index in [1.54, 1.807) is 0 Å². The first-order valence-corrected chi connectivity index (χ1v) is 8.79. The molecule has 0 spiro atoms. The molecule has 2 N–H and O–H groups in total. The lowest BCUT2D eigenvalue weighted by Crippen LogP contribution is -2.47. The first-order chi connectivity index (χ1) is 9.51. The molecule has 0 aromatic carbocycles. The van der Waals surface area contributed by atoms with E-state index in [4.69, 9.17) is 0 Å². The van der Waals surface area contributed by atoms with Gasteiger partial charge >= 0.3 is 5.97 Å². The monoisotopic (exact) mass is 299 g/mol. The molecule has 0 aromatic rings. The quantitative estimate of drug-likeness (QED) is 0.791. The second-order valence-corrected chi connectivity index (χ2v) is 7.53. The number of carboxylic acid groups (broad SMARTS) is 1. The van der Waals surface area contributed by atoms with Gasteiger partial charge in [0, 0.05) is 11.3 Å². The van der Waals surface area contributed by atoms with Gasteiger partial charge < -0.3 is 10.4 Å². The van der Waals surface area contributed by atoms with Gasteiger partial charge in [-0.1, -0.05) is 19.8 Å². The largest absolute Gasteiger partial charge is 0.481 e. The fraction of sp³-hybridized carbons (Fsp3) is 0.867. The van der Waals surface area contributed by atoms with E-state index in [0.717, 1.165) is 25.7 Å². The Morgan fingerprint density at radius 3 is 2.40 bits per heavy atom. The SMILES string of the molecule is CCC1C[C@H](C(=O)NCC2(SC)CCC2)[C@H](C(=O)O)C1. The summed E-state index contributed by atoms with van der Waals surface area (Å²) < 4.78 is 0.205. The molecule has 0 bridgehead atoms. The fourth-order valence-electron chi connectivity index (χ4n) is 3.44. The average Bonchev–Trinajstić information content (AvgIpc) is 2.82. The molecule has 1 amide bonds. The number of aliphatic carboxylic acids is 1. The van der Waals surface area contributed by atoms with Crippen LogP contribution in [-0.2, 0) is 9.59 Å². The van der Waals surface area contributed by atoms with E-state index < -0.39 is 11.9 Å². The molecule has 2 rings (SSSR count). The number of nitrogens with one attached hydrogen (secondary N) is 1. The highest BCUT2D eigenvalue weighted by molar-refractivity contribution is 8.00.